The number of benzene rings is 1. The molecule has 1 saturated heterocycles. The van der Waals surface area contributed by atoms with Crippen molar-refractivity contribution in [1.82, 2.24) is 14.8 Å². The predicted octanol–water partition coefficient (Wildman–Crippen LogP) is 4.12. The molecule has 2 N–H and O–H groups in total. The Kier molecular flexibility index (Phi) is 6.44. The molecule has 1 atom stereocenters. The van der Waals surface area contributed by atoms with Crippen molar-refractivity contribution < 1.29 is 14.1 Å². The quantitative estimate of drug-likeness (QED) is 0.591. The molecule has 158 valence electrons. The Balaban J connectivity index is 1.55. The number of carbonyl (C=O) groups is 1. The lowest BCUT2D eigenvalue weighted by Crippen LogP contribution is -2.38. The minimum Gasteiger partial charge on any atom is -0.491 e. The maximum Gasteiger partial charge on any atom is 0.228 e. The monoisotopic (exact) mass is 426 g/mol. The molecular formula is C22H26N4O3S. The summed E-state index contributed by atoms with van der Waals surface area (Å²) < 4.78 is 15.6. The number of hydrogen-bond acceptors (Lipinski definition) is 7. The van der Waals surface area contributed by atoms with Crippen LogP contribution < -0.4 is 15.4 Å². The number of nitrogens with one attached hydrogen (secondary N) is 2. The third kappa shape index (κ3) is 4.88. The Morgan fingerprint density at radius 1 is 1.37 bits per heavy atom. The van der Waals surface area contributed by atoms with Gasteiger partial charge in [-0.3, -0.25) is 4.79 Å². The van der Waals surface area contributed by atoms with Gasteiger partial charge in [-0.25, -0.2) is 4.37 Å². The molecule has 0 saturated carbocycles. The Morgan fingerprint density at radius 2 is 2.27 bits per heavy atom. The number of hydrogen-bond donors (Lipinski definition) is 2. The molecule has 30 heavy (non-hydrogen) atoms. The second-order valence-corrected chi connectivity index (χ2v) is 8.28. The van der Waals surface area contributed by atoms with E-state index < -0.39 is 0 Å². The van der Waals surface area contributed by atoms with Crippen LogP contribution in [0.15, 0.2) is 34.3 Å². The second-order valence-electron chi connectivity index (χ2n) is 7.63. The summed E-state index contributed by atoms with van der Waals surface area (Å²) in [4.78, 5) is 12.4. The van der Waals surface area contributed by atoms with Crippen LogP contribution in [0.5, 0.6) is 5.75 Å². The van der Waals surface area contributed by atoms with E-state index in [2.05, 4.69) is 20.2 Å². The van der Waals surface area contributed by atoms with Crippen molar-refractivity contribution in [3.8, 4) is 16.9 Å². The third-order valence-corrected chi connectivity index (χ3v) is 5.90. The van der Waals surface area contributed by atoms with Crippen molar-refractivity contribution in [2.75, 3.05) is 18.5 Å². The highest BCUT2D eigenvalue weighted by molar-refractivity contribution is 7.03. The molecular weight excluding hydrogens is 400 g/mol. The zero-order valence-electron chi connectivity index (χ0n) is 17.2. The summed E-state index contributed by atoms with van der Waals surface area (Å²) in [6.07, 6.45) is 5.57. The highest BCUT2D eigenvalue weighted by Crippen LogP contribution is 2.37. The number of amides is 1. The Morgan fingerprint density at radius 3 is 2.97 bits per heavy atom. The molecule has 3 aromatic rings. The highest BCUT2D eigenvalue weighted by atomic mass is 32.1. The van der Waals surface area contributed by atoms with Gasteiger partial charge in [0.15, 0.2) is 0 Å². The van der Waals surface area contributed by atoms with Crippen molar-refractivity contribution >= 4 is 23.1 Å². The van der Waals surface area contributed by atoms with Gasteiger partial charge in [-0.05, 0) is 68.5 Å². The minimum atomic E-state index is -0.0833. The van der Waals surface area contributed by atoms with Gasteiger partial charge in [0.1, 0.15) is 18.1 Å². The number of piperidine rings is 1. The number of ether oxygens (including phenoxy) is 1. The van der Waals surface area contributed by atoms with Crippen LogP contribution in [-0.2, 0) is 11.2 Å². The minimum absolute atomic E-state index is 0.0833. The number of aromatic nitrogens is 2. The zero-order chi connectivity index (χ0) is 20.9. The molecule has 1 amide bonds. The van der Waals surface area contributed by atoms with Crippen LogP contribution in [0.2, 0.25) is 0 Å². The van der Waals surface area contributed by atoms with Crippen molar-refractivity contribution in [1.29, 1.82) is 0 Å². The normalized spacial score (nSPS) is 16.4. The van der Waals surface area contributed by atoms with Crippen LogP contribution in [0.25, 0.3) is 11.1 Å². The molecule has 0 aliphatic carbocycles. The van der Waals surface area contributed by atoms with E-state index >= 15 is 0 Å². The smallest absolute Gasteiger partial charge is 0.228 e. The summed E-state index contributed by atoms with van der Waals surface area (Å²) in [6.45, 7) is 5.44. The van der Waals surface area contributed by atoms with E-state index in [1.807, 2.05) is 37.4 Å². The van der Waals surface area contributed by atoms with Crippen molar-refractivity contribution in [2.24, 2.45) is 0 Å². The topological polar surface area (TPSA) is 89.3 Å². The fraction of sp³-hybridized carbons (Fsp3) is 0.409. The van der Waals surface area contributed by atoms with Crippen molar-refractivity contribution in [3.63, 3.8) is 0 Å². The van der Waals surface area contributed by atoms with E-state index in [4.69, 9.17) is 9.26 Å². The lowest BCUT2D eigenvalue weighted by Gasteiger charge is -2.24. The number of aryl methyl sites for hydroxylation is 2. The first-order valence-corrected chi connectivity index (χ1v) is 11.1. The van der Waals surface area contributed by atoms with Crippen molar-refractivity contribution in [3.05, 3.63) is 46.8 Å². The summed E-state index contributed by atoms with van der Waals surface area (Å²) in [7, 11) is 0. The summed E-state index contributed by atoms with van der Waals surface area (Å²) in [5.74, 6) is 1.40. The van der Waals surface area contributed by atoms with E-state index in [0.29, 0.717) is 24.8 Å². The highest BCUT2D eigenvalue weighted by Gasteiger charge is 2.19. The maximum absolute atomic E-state index is 12.4. The van der Waals surface area contributed by atoms with Gasteiger partial charge < -0.3 is 19.9 Å². The van der Waals surface area contributed by atoms with Crippen LogP contribution in [0.3, 0.4) is 0 Å². The fourth-order valence-electron chi connectivity index (χ4n) is 3.76. The van der Waals surface area contributed by atoms with Gasteiger partial charge in [0.05, 0.1) is 17.7 Å². The van der Waals surface area contributed by atoms with Gasteiger partial charge in [-0.1, -0.05) is 11.6 Å². The van der Waals surface area contributed by atoms with Gasteiger partial charge in [-0.15, -0.1) is 0 Å². The lowest BCUT2D eigenvalue weighted by atomic mass is 10.0. The van der Waals surface area contributed by atoms with Gasteiger partial charge in [0.25, 0.3) is 0 Å². The predicted molar refractivity (Wildman–Crippen MR) is 117 cm³/mol. The standard InChI is InChI=1S/C22H26N4O3S/c1-14-22(15(2)29-26-14)19-10-17(25-21(27)9-16-11-24-30-13-16)6-7-20(19)28-12-18-5-3-4-8-23-18/h6-7,10-11,13,18,23H,3-5,8-9,12H2,1-2H3,(H,25,27). The number of carbonyl (C=O) groups excluding carboxylic acids is 1. The summed E-state index contributed by atoms with van der Waals surface area (Å²) in [5, 5.41) is 12.4. The molecule has 7 nitrogen and oxygen atoms in total. The first-order valence-electron chi connectivity index (χ1n) is 10.2. The molecule has 2 aromatic heterocycles. The fourth-order valence-corrected chi connectivity index (χ4v) is 4.29. The number of nitrogens with zero attached hydrogens (tertiary/aromatic N) is 2. The largest absolute Gasteiger partial charge is 0.491 e. The molecule has 0 spiro atoms. The first kappa shape index (κ1) is 20.6. The molecule has 8 heteroatoms. The zero-order valence-corrected chi connectivity index (χ0v) is 18.1. The van der Waals surface area contributed by atoms with Crippen LogP contribution in [0.4, 0.5) is 5.69 Å². The Labute approximate surface area is 180 Å². The average molecular weight is 427 g/mol. The maximum atomic E-state index is 12.4. The van der Waals surface area contributed by atoms with Gasteiger partial charge >= 0.3 is 0 Å². The van der Waals surface area contributed by atoms with E-state index in [9.17, 15) is 4.79 Å². The second kappa shape index (κ2) is 9.40. The molecule has 0 bridgehead atoms. The molecule has 0 radical (unpaired) electrons. The van der Waals surface area contributed by atoms with E-state index in [-0.39, 0.29) is 5.91 Å². The molecule has 1 aliphatic heterocycles. The van der Waals surface area contributed by atoms with E-state index in [1.165, 1.54) is 24.4 Å². The molecule has 4 rings (SSSR count). The van der Waals surface area contributed by atoms with Crippen LogP contribution in [0, 0.1) is 13.8 Å². The molecule has 1 fully saturated rings. The van der Waals surface area contributed by atoms with E-state index in [1.54, 1.807) is 6.20 Å². The van der Waals surface area contributed by atoms with Gasteiger partial charge in [0, 0.05) is 28.9 Å². The SMILES string of the molecule is Cc1noc(C)c1-c1cc(NC(=O)Cc2cnsc2)ccc1OCC1CCCCN1. The lowest BCUT2D eigenvalue weighted by molar-refractivity contribution is -0.115. The molecule has 1 unspecified atom stereocenters. The van der Waals surface area contributed by atoms with Crippen LogP contribution >= 0.6 is 11.5 Å². The Bertz CT molecular complexity index is 974. The average Bonchev–Trinajstić information content (AvgIpc) is 3.37. The molecule has 3 heterocycles. The van der Waals surface area contributed by atoms with Crippen LogP contribution in [-0.4, -0.2) is 34.6 Å². The number of anilines is 1. The summed E-state index contributed by atoms with van der Waals surface area (Å²) in [5.41, 5.74) is 4.18. The van der Waals surface area contributed by atoms with Crippen LogP contribution in [0.1, 0.15) is 36.3 Å². The summed E-state index contributed by atoms with van der Waals surface area (Å²) >= 11 is 1.34. The van der Waals surface area contributed by atoms with E-state index in [0.717, 1.165) is 46.9 Å². The Hall–Kier alpha value is -2.71. The summed E-state index contributed by atoms with van der Waals surface area (Å²) in [6, 6.07) is 6.07. The van der Waals surface area contributed by atoms with Crippen molar-refractivity contribution in [2.45, 2.75) is 45.6 Å². The van der Waals surface area contributed by atoms with Gasteiger partial charge in [0.2, 0.25) is 5.91 Å². The first-order chi connectivity index (χ1) is 14.6. The molecule has 1 aliphatic rings. The third-order valence-electron chi connectivity index (χ3n) is 5.27. The molecule has 1 aromatic carbocycles. The number of rotatable bonds is 7. The van der Waals surface area contributed by atoms with Gasteiger partial charge in [-0.2, -0.15) is 0 Å².